The van der Waals surface area contributed by atoms with E-state index in [9.17, 15) is 14.7 Å². The van der Waals surface area contributed by atoms with E-state index >= 15 is 0 Å². The van der Waals surface area contributed by atoms with Gasteiger partial charge in [-0.2, -0.15) is 0 Å². The molecule has 0 radical (unpaired) electrons. The summed E-state index contributed by atoms with van der Waals surface area (Å²) in [4.78, 5) is 24.7. The number of hydrogen-bond donors (Lipinski definition) is 0. The lowest BCUT2D eigenvalue weighted by atomic mass is 9.88. The van der Waals surface area contributed by atoms with E-state index in [1.54, 1.807) is 23.6 Å². The molecule has 4 nitrogen and oxygen atoms in total. The fourth-order valence-electron chi connectivity index (χ4n) is 2.99. The molecule has 2 fully saturated rings. The second-order valence-electron chi connectivity index (χ2n) is 5.11. The van der Waals surface area contributed by atoms with Crippen LogP contribution in [0.3, 0.4) is 0 Å². The molecule has 0 aromatic carbocycles. The molecule has 0 N–H and O–H groups in total. The molecule has 2 rings (SSSR count). The van der Waals surface area contributed by atoms with Gasteiger partial charge < -0.3 is 14.8 Å². The molecular weight excluding hydrogens is 250 g/mol. The standard InChI is InChI=1S/C13H21NO3S/c1-2-11(15)14-10(13(16)17)8-18-12(14)9-6-4-3-5-7-9/h9-10,12H,2-8H2,1H3,(H,16,17)/p-1/t10-,12-/m0/s1. The maximum Gasteiger partial charge on any atom is 0.223 e. The van der Waals surface area contributed by atoms with Crippen molar-refractivity contribution in [3.63, 3.8) is 0 Å². The minimum atomic E-state index is -1.11. The van der Waals surface area contributed by atoms with E-state index in [-0.39, 0.29) is 11.3 Å². The minimum absolute atomic E-state index is 0.0511. The third kappa shape index (κ3) is 2.66. The average Bonchev–Trinajstić information content (AvgIpc) is 2.83. The van der Waals surface area contributed by atoms with Gasteiger partial charge in [-0.25, -0.2) is 0 Å². The van der Waals surface area contributed by atoms with Gasteiger partial charge in [0, 0.05) is 12.2 Å². The maximum atomic E-state index is 12.0. The van der Waals surface area contributed by atoms with Crippen LogP contribution in [0.25, 0.3) is 0 Å². The first kappa shape index (κ1) is 13.7. The Hall–Kier alpha value is -0.710. The summed E-state index contributed by atoms with van der Waals surface area (Å²) < 4.78 is 0. The van der Waals surface area contributed by atoms with Crippen LogP contribution in [0.2, 0.25) is 0 Å². The highest BCUT2D eigenvalue weighted by Gasteiger charge is 2.41. The van der Waals surface area contributed by atoms with Crippen molar-refractivity contribution in [1.82, 2.24) is 4.90 Å². The molecule has 1 saturated carbocycles. The molecule has 18 heavy (non-hydrogen) atoms. The van der Waals surface area contributed by atoms with Crippen molar-refractivity contribution in [1.29, 1.82) is 0 Å². The Morgan fingerprint density at radius 3 is 2.50 bits per heavy atom. The molecule has 1 amide bonds. The second kappa shape index (κ2) is 5.95. The maximum absolute atomic E-state index is 12.0. The highest BCUT2D eigenvalue weighted by atomic mass is 32.2. The minimum Gasteiger partial charge on any atom is -0.548 e. The van der Waals surface area contributed by atoms with Crippen LogP contribution in [-0.4, -0.2) is 33.9 Å². The number of carbonyl (C=O) groups is 2. The van der Waals surface area contributed by atoms with Gasteiger partial charge in [-0.3, -0.25) is 4.79 Å². The zero-order valence-electron chi connectivity index (χ0n) is 10.8. The van der Waals surface area contributed by atoms with Crippen LogP contribution < -0.4 is 5.11 Å². The lowest BCUT2D eigenvalue weighted by Crippen LogP contribution is -2.52. The summed E-state index contributed by atoms with van der Waals surface area (Å²) in [6.07, 6.45) is 6.26. The summed E-state index contributed by atoms with van der Waals surface area (Å²) in [5.74, 6) is -0.217. The molecule has 1 heterocycles. The van der Waals surface area contributed by atoms with Gasteiger partial charge in [0.2, 0.25) is 5.91 Å². The molecule has 5 heteroatoms. The topological polar surface area (TPSA) is 60.4 Å². The Bertz CT molecular complexity index is 328. The van der Waals surface area contributed by atoms with E-state index in [0.717, 1.165) is 12.8 Å². The summed E-state index contributed by atoms with van der Waals surface area (Å²) in [5.41, 5.74) is 0. The first-order valence-electron chi connectivity index (χ1n) is 6.78. The van der Waals surface area contributed by atoms with E-state index in [4.69, 9.17) is 0 Å². The highest BCUT2D eigenvalue weighted by molar-refractivity contribution is 8.00. The van der Waals surface area contributed by atoms with Gasteiger partial charge >= 0.3 is 0 Å². The fourth-order valence-corrected chi connectivity index (χ4v) is 4.64. The number of carbonyl (C=O) groups excluding carboxylic acids is 2. The third-order valence-corrected chi connectivity index (χ3v) is 5.41. The van der Waals surface area contributed by atoms with Crippen LogP contribution >= 0.6 is 11.8 Å². The predicted octanol–water partition coefficient (Wildman–Crippen LogP) is 0.997. The molecule has 102 valence electrons. The van der Waals surface area contributed by atoms with Crippen LogP contribution in [0.4, 0.5) is 0 Å². The smallest absolute Gasteiger partial charge is 0.223 e. The highest BCUT2D eigenvalue weighted by Crippen LogP contribution is 2.40. The monoisotopic (exact) mass is 270 g/mol. The number of rotatable bonds is 3. The van der Waals surface area contributed by atoms with Gasteiger partial charge in [0.15, 0.2) is 0 Å². The molecule has 0 unspecified atom stereocenters. The van der Waals surface area contributed by atoms with Crippen LogP contribution in [-0.2, 0) is 9.59 Å². The van der Waals surface area contributed by atoms with Gasteiger partial charge in [0.05, 0.1) is 17.4 Å². The Labute approximate surface area is 112 Å². The second-order valence-corrected chi connectivity index (χ2v) is 6.26. The number of carboxylic acids is 1. The van der Waals surface area contributed by atoms with Gasteiger partial charge in [0.1, 0.15) is 0 Å². The Morgan fingerprint density at radius 1 is 1.28 bits per heavy atom. The van der Waals surface area contributed by atoms with Gasteiger partial charge in [-0.1, -0.05) is 26.2 Å². The Morgan fingerprint density at radius 2 is 1.94 bits per heavy atom. The van der Waals surface area contributed by atoms with Crippen LogP contribution in [0, 0.1) is 5.92 Å². The van der Waals surface area contributed by atoms with E-state index in [1.807, 2.05) is 0 Å². The quantitative estimate of drug-likeness (QED) is 0.767. The van der Waals surface area contributed by atoms with E-state index in [1.165, 1.54) is 19.3 Å². The largest absolute Gasteiger partial charge is 0.548 e. The number of amides is 1. The number of nitrogens with zero attached hydrogens (tertiary/aromatic N) is 1. The number of aliphatic carboxylic acids is 1. The zero-order chi connectivity index (χ0) is 13.1. The fraction of sp³-hybridized carbons (Fsp3) is 0.846. The Balaban J connectivity index is 2.13. The molecule has 2 aliphatic rings. The van der Waals surface area contributed by atoms with Crippen molar-refractivity contribution in [3.8, 4) is 0 Å². The summed E-state index contributed by atoms with van der Waals surface area (Å²) >= 11 is 1.62. The predicted molar refractivity (Wildman–Crippen MR) is 68.8 cm³/mol. The van der Waals surface area contributed by atoms with Crippen LogP contribution in [0.5, 0.6) is 0 Å². The van der Waals surface area contributed by atoms with Crippen LogP contribution in [0.15, 0.2) is 0 Å². The SMILES string of the molecule is CCC(=O)N1[C@H](C(=O)[O-])CS[C@H]1C1CCCCC1. The average molecular weight is 270 g/mol. The van der Waals surface area contributed by atoms with E-state index < -0.39 is 12.0 Å². The summed E-state index contributed by atoms with van der Waals surface area (Å²) in [6.45, 7) is 1.79. The molecule has 0 aromatic rings. The van der Waals surface area contributed by atoms with Crippen molar-refractivity contribution in [2.24, 2.45) is 5.92 Å². The van der Waals surface area contributed by atoms with Crippen LogP contribution in [0.1, 0.15) is 45.4 Å². The molecular formula is C13H20NO3S-. The number of hydrogen-bond acceptors (Lipinski definition) is 4. The van der Waals surface area contributed by atoms with Crippen molar-refractivity contribution < 1.29 is 14.7 Å². The van der Waals surface area contributed by atoms with Crippen molar-refractivity contribution in [2.45, 2.75) is 56.9 Å². The first-order valence-corrected chi connectivity index (χ1v) is 7.83. The van der Waals surface area contributed by atoms with E-state index in [2.05, 4.69) is 0 Å². The van der Waals surface area contributed by atoms with Gasteiger partial charge in [0.25, 0.3) is 0 Å². The molecule has 1 aliphatic heterocycles. The molecule has 1 aliphatic carbocycles. The molecule has 0 bridgehead atoms. The normalized spacial score (nSPS) is 29.5. The summed E-state index contributed by atoms with van der Waals surface area (Å²) in [7, 11) is 0. The Kier molecular flexibility index (Phi) is 4.54. The number of carboxylic acid groups (broad SMARTS) is 1. The van der Waals surface area contributed by atoms with Crippen molar-refractivity contribution in [2.75, 3.05) is 5.75 Å². The molecule has 0 spiro atoms. The molecule has 1 saturated heterocycles. The van der Waals surface area contributed by atoms with E-state index in [0.29, 0.717) is 18.1 Å². The van der Waals surface area contributed by atoms with Crippen molar-refractivity contribution in [3.05, 3.63) is 0 Å². The van der Waals surface area contributed by atoms with Gasteiger partial charge in [-0.05, 0) is 18.8 Å². The first-order chi connectivity index (χ1) is 8.65. The third-order valence-electron chi connectivity index (χ3n) is 3.95. The zero-order valence-corrected chi connectivity index (χ0v) is 11.6. The summed E-state index contributed by atoms with van der Waals surface area (Å²) in [6, 6.07) is -0.727. The molecule has 2 atom stereocenters. The molecule has 0 aromatic heterocycles. The summed E-state index contributed by atoms with van der Waals surface area (Å²) in [5, 5.41) is 11.2. The van der Waals surface area contributed by atoms with Gasteiger partial charge in [-0.15, -0.1) is 11.8 Å². The lowest BCUT2D eigenvalue weighted by molar-refractivity contribution is -0.310. The number of thioether (sulfide) groups is 1. The lowest BCUT2D eigenvalue weighted by Gasteiger charge is -2.36. The van der Waals surface area contributed by atoms with Crippen molar-refractivity contribution >= 4 is 23.6 Å².